The van der Waals surface area contributed by atoms with Crippen LogP contribution in [0.15, 0.2) is 60.8 Å². The van der Waals surface area contributed by atoms with Crippen LogP contribution in [0.2, 0.25) is 5.02 Å². The molecule has 1 aliphatic carbocycles. The molecule has 1 aromatic heterocycles. The van der Waals surface area contributed by atoms with E-state index in [2.05, 4.69) is 15.6 Å². The van der Waals surface area contributed by atoms with E-state index in [4.69, 9.17) is 11.6 Å². The minimum Gasteiger partial charge on any atom is -0.328 e. The summed E-state index contributed by atoms with van der Waals surface area (Å²) in [5.41, 5.74) is 2.29. The lowest BCUT2D eigenvalue weighted by molar-refractivity contribution is 0.247. The number of carbonyl (C=O) groups excluding carboxylic acids is 1. The topological polar surface area (TPSA) is 54.0 Å². The Balaban J connectivity index is 1.53. The summed E-state index contributed by atoms with van der Waals surface area (Å²) in [6.07, 6.45) is 3.58. The van der Waals surface area contributed by atoms with Gasteiger partial charge in [0, 0.05) is 16.6 Å². The highest BCUT2D eigenvalue weighted by Crippen LogP contribution is 2.45. The Hall–Kier alpha value is -2.59. The molecule has 0 radical (unpaired) electrons. The number of halogens is 1. The van der Waals surface area contributed by atoms with Gasteiger partial charge in [-0.15, -0.1) is 0 Å². The van der Waals surface area contributed by atoms with E-state index in [1.54, 1.807) is 6.20 Å². The molecular weight excluding hydrogens is 322 g/mol. The highest BCUT2D eigenvalue weighted by molar-refractivity contribution is 6.30. The SMILES string of the molecule is O=C(Nc1cccc2cccnc12)NC1(c2ccc(Cl)cc2)CC1. The van der Waals surface area contributed by atoms with Crippen LogP contribution in [0, 0.1) is 0 Å². The predicted octanol–water partition coefficient (Wildman–Crippen LogP) is 4.70. The second-order valence-electron chi connectivity index (χ2n) is 6.05. The Morgan fingerprint density at radius 2 is 1.79 bits per heavy atom. The third kappa shape index (κ3) is 2.81. The maximum absolute atomic E-state index is 12.5. The lowest BCUT2D eigenvalue weighted by atomic mass is 10.1. The average Bonchev–Trinajstić information content (AvgIpc) is 3.36. The van der Waals surface area contributed by atoms with Crippen molar-refractivity contribution in [2.45, 2.75) is 18.4 Å². The molecule has 1 aliphatic rings. The first-order valence-electron chi connectivity index (χ1n) is 7.85. The molecule has 1 fully saturated rings. The van der Waals surface area contributed by atoms with Crippen molar-refractivity contribution < 1.29 is 4.79 Å². The number of hydrogen-bond donors (Lipinski definition) is 2. The van der Waals surface area contributed by atoms with Gasteiger partial charge in [0.15, 0.2) is 0 Å². The molecule has 3 aromatic rings. The number of carbonyl (C=O) groups is 1. The van der Waals surface area contributed by atoms with Crippen LogP contribution in [0.4, 0.5) is 10.5 Å². The smallest absolute Gasteiger partial charge is 0.320 e. The average molecular weight is 338 g/mol. The zero-order valence-corrected chi connectivity index (χ0v) is 13.7. The van der Waals surface area contributed by atoms with Crippen molar-refractivity contribution in [3.63, 3.8) is 0 Å². The summed E-state index contributed by atoms with van der Waals surface area (Å²) in [5, 5.41) is 7.71. The van der Waals surface area contributed by atoms with Crippen molar-refractivity contribution in [3.8, 4) is 0 Å². The van der Waals surface area contributed by atoms with Crippen molar-refractivity contribution in [2.75, 3.05) is 5.32 Å². The number of benzene rings is 2. The monoisotopic (exact) mass is 337 g/mol. The lowest BCUT2D eigenvalue weighted by Crippen LogP contribution is -2.38. The first-order chi connectivity index (χ1) is 11.7. The number of amides is 2. The van der Waals surface area contributed by atoms with Crippen molar-refractivity contribution in [1.29, 1.82) is 0 Å². The number of nitrogens with zero attached hydrogens (tertiary/aromatic N) is 1. The van der Waals surface area contributed by atoms with E-state index >= 15 is 0 Å². The van der Waals surface area contributed by atoms with Gasteiger partial charge in [-0.1, -0.05) is 41.9 Å². The third-order valence-electron chi connectivity index (χ3n) is 4.38. The molecule has 0 atom stereocenters. The van der Waals surface area contributed by atoms with Crippen LogP contribution in [0.1, 0.15) is 18.4 Å². The number of anilines is 1. The Kier molecular flexibility index (Phi) is 3.62. The van der Waals surface area contributed by atoms with Crippen molar-refractivity contribution in [3.05, 3.63) is 71.4 Å². The van der Waals surface area contributed by atoms with Crippen LogP contribution in [0.25, 0.3) is 10.9 Å². The van der Waals surface area contributed by atoms with E-state index < -0.39 is 0 Å². The van der Waals surface area contributed by atoms with Gasteiger partial charge in [0.2, 0.25) is 0 Å². The Bertz CT molecular complexity index is 899. The molecule has 0 unspecified atom stereocenters. The zero-order chi connectivity index (χ0) is 16.6. The molecule has 0 saturated heterocycles. The largest absolute Gasteiger partial charge is 0.328 e. The summed E-state index contributed by atoms with van der Waals surface area (Å²) >= 11 is 5.94. The van der Waals surface area contributed by atoms with Crippen LogP contribution < -0.4 is 10.6 Å². The lowest BCUT2D eigenvalue weighted by Gasteiger charge is -2.19. The molecule has 2 aromatic carbocycles. The highest BCUT2D eigenvalue weighted by Gasteiger charge is 2.45. The molecule has 2 amide bonds. The van der Waals surface area contributed by atoms with Gasteiger partial charge in [-0.3, -0.25) is 4.98 Å². The Morgan fingerprint density at radius 1 is 1.04 bits per heavy atom. The van der Waals surface area contributed by atoms with E-state index in [0.717, 1.165) is 29.3 Å². The molecule has 120 valence electrons. The molecule has 4 nitrogen and oxygen atoms in total. The number of hydrogen-bond acceptors (Lipinski definition) is 2. The van der Waals surface area contributed by atoms with E-state index in [1.165, 1.54) is 0 Å². The number of nitrogens with one attached hydrogen (secondary N) is 2. The fraction of sp³-hybridized carbons (Fsp3) is 0.158. The molecule has 1 saturated carbocycles. The van der Waals surface area contributed by atoms with Gasteiger partial charge in [-0.05, 0) is 42.7 Å². The number of urea groups is 1. The molecule has 1 heterocycles. The van der Waals surface area contributed by atoms with Crippen LogP contribution in [-0.2, 0) is 5.54 Å². The molecular formula is C19H16ClN3O. The Morgan fingerprint density at radius 3 is 2.54 bits per heavy atom. The van der Waals surface area contributed by atoms with Crippen molar-refractivity contribution >= 4 is 34.2 Å². The summed E-state index contributed by atoms with van der Waals surface area (Å²) in [5.74, 6) is 0. The van der Waals surface area contributed by atoms with E-state index in [1.807, 2.05) is 54.6 Å². The quantitative estimate of drug-likeness (QED) is 0.728. The second-order valence-corrected chi connectivity index (χ2v) is 6.49. The van der Waals surface area contributed by atoms with Crippen LogP contribution in [0.3, 0.4) is 0 Å². The first-order valence-corrected chi connectivity index (χ1v) is 8.23. The zero-order valence-electron chi connectivity index (χ0n) is 12.9. The molecule has 4 rings (SSSR count). The van der Waals surface area contributed by atoms with Gasteiger partial charge < -0.3 is 10.6 Å². The molecule has 0 spiro atoms. The molecule has 2 N–H and O–H groups in total. The Labute approximate surface area is 144 Å². The summed E-state index contributed by atoms with van der Waals surface area (Å²) in [7, 11) is 0. The van der Waals surface area contributed by atoms with E-state index in [0.29, 0.717) is 10.7 Å². The summed E-state index contributed by atoms with van der Waals surface area (Å²) in [6.45, 7) is 0. The molecule has 24 heavy (non-hydrogen) atoms. The fourth-order valence-electron chi connectivity index (χ4n) is 2.96. The van der Waals surface area contributed by atoms with Crippen molar-refractivity contribution in [2.24, 2.45) is 0 Å². The predicted molar refractivity (Wildman–Crippen MR) is 96.3 cm³/mol. The maximum Gasteiger partial charge on any atom is 0.320 e. The number of aromatic nitrogens is 1. The van der Waals surface area contributed by atoms with Crippen molar-refractivity contribution in [1.82, 2.24) is 10.3 Å². The molecule has 0 bridgehead atoms. The molecule has 0 aliphatic heterocycles. The second kappa shape index (κ2) is 5.80. The van der Waals surface area contributed by atoms with Crippen LogP contribution in [-0.4, -0.2) is 11.0 Å². The summed E-state index contributed by atoms with van der Waals surface area (Å²) in [4.78, 5) is 16.8. The van der Waals surface area contributed by atoms with E-state index in [-0.39, 0.29) is 11.6 Å². The van der Waals surface area contributed by atoms with E-state index in [9.17, 15) is 4.79 Å². The van der Waals surface area contributed by atoms with Gasteiger partial charge in [-0.25, -0.2) is 4.79 Å². The minimum absolute atomic E-state index is 0.222. The normalized spacial score (nSPS) is 15.0. The highest BCUT2D eigenvalue weighted by atomic mass is 35.5. The minimum atomic E-state index is -0.285. The third-order valence-corrected chi connectivity index (χ3v) is 4.63. The number of para-hydroxylation sites is 1. The first kappa shape index (κ1) is 15.0. The summed E-state index contributed by atoms with van der Waals surface area (Å²) in [6, 6.07) is 17.0. The summed E-state index contributed by atoms with van der Waals surface area (Å²) < 4.78 is 0. The van der Waals surface area contributed by atoms with Crippen LogP contribution in [0.5, 0.6) is 0 Å². The van der Waals surface area contributed by atoms with Gasteiger partial charge in [0.1, 0.15) is 0 Å². The van der Waals surface area contributed by atoms with Crippen LogP contribution >= 0.6 is 11.6 Å². The number of pyridine rings is 1. The maximum atomic E-state index is 12.5. The molecule has 5 heteroatoms. The number of fused-ring (bicyclic) bond motifs is 1. The standard InChI is InChI=1S/C19H16ClN3O/c20-15-8-6-14(7-9-15)19(10-11-19)23-18(24)22-16-5-1-3-13-4-2-12-21-17(13)16/h1-9,12H,10-11H2,(H2,22,23,24). The van der Waals surface area contributed by atoms with Gasteiger partial charge in [0.05, 0.1) is 16.7 Å². The van der Waals surface area contributed by atoms with Gasteiger partial charge >= 0.3 is 6.03 Å². The van der Waals surface area contributed by atoms with Gasteiger partial charge in [0.25, 0.3) is 0 Å². The fourth-order valence-corrected chi connectivity index (χ4v) is 3.08. The number of rotatable bonds is 3. The van der Waals surface area contributed by atoms with Gasteiger partial charge in [-0.2, -0.15) is 0 Å².